The van der Waals surface area contributed by atoms with Crippen molar-refractivity contribution in [3.63, 3.8) is 0 Å². The first-order valence-corrected chi connectivity index (χ1v) is 3.70. The lowest BCUT2D eigenvalue weighted by molar-refractivity contribution is -0.311. The monoisotopic (exact) mass is 210 g/mol. The summed E-state index contributed by atoms with van der Waals surface area (Å²) in [5.74, 6) is -2.67. The molecule has 0 aliphatic rings. The summed E-state index contributed by atoms with van der Waals surface area (Å²) in [6.45, 7) is 6.31. The van der Waals surface area contributed by atoms with Gasteiger partial charge in [-0.05, 0) is 11.8 Å². The van der Waals surface area contributed by atoms with Gasteiger partial charge in [-0.3, -0.25) is 0 Å². The minimum absolute atomic E-state index is 0. The van der Waals surface area contributed by atoms with Crippen LogP contribution in [0.25, 0.3) is 0 Å². The van der Waals surface area contributed by atoms with Crippen LogP contribution in [0, 0.1) is 11.8 Å². The fraction of sp³-hybridized carbons (Fsp3) is 0.750. The van der Waals surface area contributed by atoms with Gasteiger partial charge in [0.05, 0.1) is 0 Å². The Labute approximate surface area is 84.5 Å². The molecule has 0 aliphatic heterocycles. The molecule has 0 aromatic heterocycles. The molecule has 0 aliphatic carbocycles. The predicted octanol–water partition coefficient (Wildman–Crippen LogP) is -0.463. The summed E-state index contributed by atoms with van der Waals surface area (Å²) < 4.78 is 0. The average molecular weight is 210 g/mol. The van der Waals surface area contributed by atoms with Crippen molar-refractivity contribution in [2.24, 2.45) is 11.8 Å². The van der Waals surface area contributed by atoms with Crippen molar-refractivity contribution in [2.75, 3.05) is 0 Å². The molecular weight excluding hydrogens is 188 g/mol. The highest BCUT2D eigenvalue weighted by molar-refractivity contribution is 5.66. The number of carbonyl (C=O) groups is 2. The second-order valence-electron chi connectivity index (χ2n) is 2.95. The molecule has 6 heteroatoms. The summed E-state index contributed by atoms with van der Waals surface area (Å²) in [7, 11) is 0. The largest absolute Gasteiger partial charge is 0.550 e. The second kappa shape index (κ2) is 11.9. The first-order chi connectivity index (χ1) is 5.29. The number of rotatable bonds is 2. The van der Waals surface area contributed by atoms with Crippen LogP contribution in [0.1, 0.15) is 27.7 Å². The quantitative estimate of drug-likeness (QED) is 0.632. The molecule has 0 fully saturated rings. The van der Waals surface area contributed by atoms with Crippen molar-refractivity contribution in [1.29, 1.82) is 0 Å². The van der Waals surface area contributed by atoms with Gasteiger partial charge in [0, 0.05) is 11.9 Å². The van der Waals surface area contributed by atoms with Gasteiger partial charge in [-0.1, -0.05) is 27.7 Å². The average Bonchev–Trinajstić information content (AvgIpc) is 1.88. The minimum Gasteiger partial charge on any atom is -0.550 e. The van der Waals surface area contributed by atoms with E-state index >= 15 is 0 Å². The summed E-state index contributed by atoms with van der Waals surface area (Å²) >= 11 is 0. The second-order valence-corrected chi connectivity index (χ2v) is 2.95. The van der Waals surface area contributed by atoms with Crippen LogP contribution in [0.15, 0.2) is 0 Å². The predicted molar refractivity (Wildman–Crippen MR) is 51.7 cm³/mol. The van der Waals surface area contributed by atoms with Crippen molar-refractivity contribution in [3.8, 4) is 0 Å². The third kappa shape index (κ3) is 22.4. The van der Waals surface area contributed by atoms with E-state index in [1.54, 1.807) is 27.7 Å². The maximum absolute atomic E-state index is 9.59. The highest BCUT2D eigenvalue weighted by Crippen LogP contribution is 1.84. The molecule has 8 N–H and O–H groups in total. The maximum atomic E-state index is 9.59. The maximum Gasteiger partial charge on any atom is 0.0439 e. The molecule has 88 valence electrons. The van der Waals surface area contributed by atoms with Crippen LogP contribution in [0.3, 0.4) is 0 Å². The topological polar surface area (TPSA) is 153 Å². The molecular formula is C8H22N2O4. The SMILES string of the molecule is CC(C)C(=O)[O-].CC(C)C(=O)[O-].[NH4+].[NH4+]. The van der Waals surface area contributed by atoms with E-state index in [0.29, 0.717) is 0 Å². The summed E-state index contributed by atoms with van der Waals surface area (Å²) in [4.78, 5) is 19.2. The van der Waals surface area contributed by atoms with E-state index in [1.165, 1.54) is 0 Å². The van der Waals surface area contributed by atoms with Crippen molar-refractivity contribution < 1.29 is 19.8 Å². The van der Waals surface area contributed by atoms with Crippen LogP contribution < -0.4 is 22.5 Å². The van der Waals surface area contributed by atoms with Crippen LogP contribution in [0.5, 0.6) is 0 Å². The van der Waals surface area contributed by atoms with Crippen molar-refractivity contribution in [3.05, 3.63) is 0 Å². The van der Waals surface area contributed by atoms with Gasteiger partial charge in [-0.25, -0.2) is 0 Å². The Balaban J connectivity index is -0.0000000625. The Morgan fingerprint density at radius 2 is 0.857 bits per heavy atom. The Morgan fingerprint density at radius 1 is 0.786 bits per heavy atom. The van der Waals surface area contributed by atoms with Gasteiger partial charge in [0.15, 0.2) is 0 Å². The lowest BCUT2D eigenvalue weighted by atomic mass is 10.2. The van der Waals surface area contributed by atoms with Gasteiger partial charge in [0.1, 0.15) is 0 Å². The van der Waals surface area contributed by atoms with Crippen LogP contribution in [-0.2, 0) is 9.59 Å². The van der Waals surface area contributed by atoms with Gasteiger partial charge in [0.25, 0.3) is 0 Å². The zero-order valence-electron chi connectivity index (χ0n) is 9.79. The molecule has 0 rings (SSSR count). The molecule has 6 nitrogen and oxygen atoms in total. The third-order valence-electron chi connectivity index (χ3n) is 0.943. The van der Waals surface area contributed by atoms with E-state index in [9.17, 15) is 19.8 Å². The zero-order chi connectivity index (χ0) is 10.3. The molecule has 0 saturated heterocycles. The standard InChI is InChI=1S/2C4H8O2.2H3N/c2*1-3(2)4(5)6;;/h2*3H,1-2H3,(H,5,6);2*1H3. The normalized spacial score (nSPS) is 7.86. The molecule has 0 aromatic rings. The molecule has 0 atom stereocenters. The summed E-state index contributed by atoms with van der Waals surface area (Å²) in [5, 5.41) is 19.2. The number of hydrogen-bond acceptors (Lipinski definition) is 4. The molecule has 0 bridgehead atoms. The zero-order valence-corrected chi connectivity index (χ0v) is 9.79. The highest BCUT2D eigenvalue weighted by atomic mass is 16.4. The minimum atomic E-state index is -0.991. The number of quaternary nitrogens is 2. The molecule has 0 radical (unpaired) electrons. The van der Waals surface area contributed by atoms with Gasteiger partial charge in [-0.15, -0.1) is 0 Å². The van der Waals surface area contributed by atoms with Crippen LogP contribution in [0.2, 0.25) is 0 Å². The highest BCUT2D eigenvalue weighted by Gasteiger charge is 1.87. The molecule has 14 heavy (non-hydrogen) atoms. The van der Waals surface area contributed by atoms with E-state index in [1.807, 2.05) is 0 Å². The van der Waals surface area contributed by atoms with Crippen LogP contribution >= 0.6 is 0 Å². The number of hydrogen-bond donors (Lipinski definition) is 2. The van der Waals surface area contributed by atoms with E-state index in [4.69, 9.17) is 0 Å². The smallest absolute Gasteiger partial charge is 0.0439 e. The van der Waals surface area contributed by atoms with E-state index in [2.05, 4.69) is 0 Å². The molecule has 0 saturated carbocycles. The fourth-order valence-corrected chi connectivity index (χ4v) is 0. The lowest BCUT2D eigenvalue weighted by Gasteiger charge is -2.01. The van der Waals surface area contributed by atoms with Gasteiger partial charge in [-0.2, -0.15) is 0 Å². The number of carbonyl (C=O) groups excluding carboxylic acids is 2. The first kappa shape index (κ1) is 23.0. The summed E-state index contributed by atoms with van der Waals surface area (Å²) in [6, 6.07) is 0. The van der Waals surface area contributed by atoms with Gasteiger partial charge >= 0.3 is 0 Å². The third-order valence-corrected chi connectivity index (χ3v) is 0.943. The summed E-state index contributed by atoms with van der Waals surface area (Å²) in [6.07, 6.45) is 0. The first-order valence-electron chi connectivity index (χ1n) is 3.70. The van der Waals surface area contributed by atoms with Crippen LogP contribution in [-0.4, -0.2) is 11.9 Å². The van der Waals surface area contributed by atoms with Crippen molar-refractivity contribution in [2.45, 2.75) is 27.7 Å². The van der Waals surface area contributed by atoms with E-state index < -0.39 is 11.9 Å². The van der Waals surface area contributed by atoms with E-state index in [-0.39, 0.29) is 24.1 Å². The molecule has 0 aromatic carbocycles. The molecule has 0 heterocycles. The van der Waals surface area contributed by atoms with E-state index in [0.717, 1.165) is 0 Å². The number of carboxylic acid groups (broad SMARTS) is 2. The molecule has 0 unspecified atom stereocenters. The Bertz CT molecular complexity index is 139. The Hall–Kier alpha value is -1.14. The molecule has 0 spiro atoms. The fourth-order valence-electron chi connectivity index (χ4n) is 0. The van der Waals surface area contributed by atoms with Crippen molar-refractivity contribution in [1.82, 2.24) is 12.3 Å². The van der Waals surface area contributed by atoms with Gasteiger partial charge in [0.2, 0.25) is 0 Å². The Kier molecular flexibility index (Phi) is 19.5. The molecule has 0 amide bonds. The Morgan fingerprint density at radius 3 is 0.857 bits per heavy atom. The number of aliphatic carboxylic acids is 2. The van der Waals surface area contributed by atoms with Gasteiger partial charge < -0.3 is 32.1 Å². The number of carboxylic acids is 2. The summed E-state index contributed by atoms with van der Waals surface area (Å²) in [5.41, 5.74) is 0. The lowest BCUT2D eigenvalue weighted by Crippen LogP contribution is -2.27. The van der Waals surface area contributed by atoms with Crippen molar-refractivity contribution >= 4 is 11.9 Å². The van der Waals surface area contributed by atoms with Crippen LogP contribution in [0.4, 0.5) is 0 Å².